The lowest BCUT2D eigenvalue weighted by Crippen LogP contribution is -2.55. The molecule has 142 valence electrons. The number of carbonyl (C=O) groups is 1. The molecule has 0 saturated heterocycles. The number of hydrogen-bond donors (Lipinski definition) is 0. The Morgan fingerprint density at radius 1 is 0.720 bits per heavy atom. The van der Waals surface area contributed by atoms with Crippen LogP contribution in [0, 0.1) is 0 Å². The van der Waals surface area contributed by atoms with Crippen molar-refractivity contribution >= 4 is 14.3 Å². The minimum absolute atomic E-state index is 0.0617. The van der Waals surface area contributed by atoms with Gasteiger partial charge in [0.25, 0.3) is 8.32 Å². The van der Waals surface area contributed by atoms with Gasteiger partial charge in [-0.3, -0.25) is 0 Å². The van der Waals surface area contributed by atoms with E-state index >= 15 is 0 Å². The Bertz CT molecular complexity index is 409. The van der Waals surface area contributed by atoms with Crippen LogP contribution in [-0.4, -0.2) is 14.3 Å². The quantitative estimate of drug-likeness (QED) is 0.387. The molecule has 0 aromatic carbocycles. The minimum Gasteiger partial charge on any atom is -0.515 e. The smallest absolute Gasteiger partial charge is 0.319 e. The van der Waals surface area contributed by atoms with Gasteiger partial charge in [0, 0.05) is 5.57 Å². The van der Waals surface area contributed by atoms with Gasteiger partial charge < -0.3 is 4.43 Å². The molecule has 3 fully saturated rings. The van der Waals surface area contributed by atoms with Crippen molar-refractivity contribution in [1.82, 2.24) is 0 Å². The first kappa shape index (κ1) is 19.2. The number of hydrogen-bond acceptors (Lipinski definition) is 2. The van der Waals surface area contributed by atoms with Crippen LogP contribution in [0.5, 0.6) is 0 Å². The van der Waals surface area contributed by atoms with E-state index in [4.69, 9.17) is 4.43 Å². The molecule has 0 atom stereocenters. The first-order valence-corrected chi connectivity index (χ1v) is 13.2. The van der Waals surface area contributed by atoms with E-state index < -0.39 is 8.32 Å². The molecule has 0 aromatic rings. The van der Waals surface area contributed by atoms with Gasteiger partial charge in [0.1, 0.15) is 0 Å². The zero-order valence-corrected chi connectivity index (χ0v) is 17.4. The molecule has 2 nitrogen and oxygen atoms in total. The molecule has 0 amide bonds. The van der Waals surface area contributed by atoms with Gasteiger partial charge in [-0.05, 0) is 62.1 Å². The molecule has 0 spiro atoms. The highest BCUT2D eigenvalue weighted by Gasteiger charge is 2.57. The van der Waals surface area contributed by atoms with Crippen LogP contribution in [0.4, 0.5) is 0 Å². The van der Waals surface area contributed by atoms with Crippen molar-refractivity contribution in [3.05, 3.63) is 12.2 Å². The van der Waals surface area contributed by atoms with Crippen LogP contribution in [0.15, 0.2) is 12.2 Å². The lowest BCUT2D eigenvalue weighted by molar-refractivity contribution is -0.131. The third-order valence-corrected chi connectivity index (χ3v) is 13.4. The highest BCUT2D eigenvalue weighted by molar-refractivity contribution is 6.79. The van der Waals surface area contributed by atoms with E-state index in [1.807, 2.05) is 6.92 Å². The first-order chi connectivity index (χ1) is 12.1. The molecule has 25 heavy (non-hydrogen) atoms. The van der Waals surface area contributed by atoms with Crippen molar-refractivity contribution in [1.29, 1.82) is 0 Å². The Kier molecular flexibility index (Phi) is 6.82. The van der Waals surface area contributed by atoms with Crippen molar-refractivity contribution in [3.8, 4) is 0 Å². The molecule has 0 unspecified atom stereocenters. The predicted octanol–water partition coefficient (Wildman–Crippen LogP) is 7.05. The van der Waals surface area contributed by atoms with E-state index in [1.165, 1.54) is 96.3 Å². The molecule has 0 aromatic heterocycles. The molecule has 3 rings (SSSR count). The van der Waals surface area contributed by atoms with E-state index in [0.29, 0.717) is 5.57 Å². The Morgan fingerprint density at radius 3 is 1.32 bits per heavy atom. The van der Waals surface area contributed by atoms with Crippen molar-refractivity contribution in [2.45, 2.75) is 120 Å². The average molecular weight is 363 g/mol. The molecule has 0 aliphatic heterocycles. The van der Waals surface area contributed by atoms with Gasteiger partial charge >= 0.3 is 5.97 Å². The summed E-state index contributed by atoms with van der Waals surface area (Å²) in [6, 6.07) is 0. The van der Waals surface area contributed by atoms with E-state index in [2.05, 4.69) is 6.58 Å². The molecule has 3 heteroatoms. The summed E-state index contributed by atoms with van der Waals surface area (Å²) in [6.45, 7) is 5.76. The zero-order valence-electron chi connectivity index (χ0n) is 16.4. The van der Waals surface area contributed by atoms with Crippen LogP contribution in [0.1, 0.15) is 103 Å². The van der Waals surface area contributed by atoms with Crippen LogP contribution in [0.25, 0.3) is 0 Å². The van der Waals surface area contributed by atoms with Crippen LogP contribution in [0.3, 0.4) is 0 Å². The summed E-state index contributed by atoms with van der Waals surface area (Å²) < 4.78 is 6.72. The van der Waals surface area contributed by atoms with E-state index in [0.717, 1.165) is 16.6 Å². The molecule has 0 N–H and O–H groups in total. The van der Waals surface area contributed by atoms with E-state index in [-0.39, 0.29) is 5.97 Å². The fourth-order valence-corrected chi connectivity index (χ4v) is 13.1. The fourth-order valence-electron chi connectivity index (χ4n) is 6.16. The summed E-state index contributed by atoms with van der Waals surface area (Å²) in [5, 5.41) is 0. The summed E-state index contributed by atoms with van der Waals surface area (Å²) in [7, 11) is -2.13. The molecular weight excluding hydrogens is 324 g/mol. The molecule has 3 aliphatic carbocycles. The van der Waals surface area contributed by atoms with Gasteiger partial charge in [-0.2, -0.15) is 0 Å². The third-order valence-electron chi connectivity index (χ3n) is 7.35. The van der Waals surface area contributed by atoms with Gasteiger partial charge in [-0.15, -0.1) is 0 Å². The van der Waals surface area contributed by atoms with Gasteiger partial charge in [-0.1, -0.05) is 64.4 Å². The first-order valence-electron chi connectivity index (χ1n) is 11.0. The van der Waals surface area contributed by atoms with Crippen molar-refractivity contribution < 1.29 is 9.22 Å². The third kappa shape index (κ3) is 4.23. The Balaban J connectivity index is 1.96. The van der Waals surface area contributed by atoms with Crippen molar-refractivity contribution in [2.75, 3.05) is 0 Å². The standard InChI is InChI=1S/C22H38O2Si/c1-18(2)22(23)24-25(19-12-6-3-7-13-19,20-14-8-4-9-15-20)21-16-10-5-11-17-21/h19-21H,1,3-17H2,2H3. The SMILES string of the molecule is C=C(C)C(=O)O[Si](C1CCCCC1)(C1CCCCC1)C1CCCCC1. The molecule has 0 radical (unpaired) electrons. The summed E-state index contributed by atoms with van der Waals surface area (Å²) in [4.78, 5) is 12.8. The van der Waals surface area contributed by atoms with Gasteiger partial charge in [0.05, 0.1) is 0 Å². The lowest BCUT2D eigenvalue weighted by atomic mass is 9.98. The summed E-state index contributed by atoms with van der Waals surface area (Å²) in [6.07, 6.45) is 20.2. The monoisotopic (exact) mass is 362 g/mol. The summed E-state index contributed by atoms with van der Waals surface area (Å²) in [5.41, 5.74) is 2.77. The topological polar surface area (TPSA) is 26.3 Å². The Labute approximate surface area is 155 Å². The zero-order chi connectivity index (χ0) is 17.7. The van der Waals surface area contributed by atoms with E-state index in [1.54, 1.807) is 0 Å². The molecular formula is C22H38O2Si. The second-order valence-corrected chi connectivity index (χ2v) is 13.4. The Morgan fingerprint density at radius 2 is 1.04 bits per heavy atom. The van der Waals surface area contributed by atoms with Crippen LogP contribution < -0.4 is 0 Å². The predicted molar refractivity (Wildman–Crippen MR) is 107 cm³/mol. The fraction of sp³-hybridized carbons (Fsp3) is 0.864. The van der Waals surface area contributed by atoms with Crippen LogP contribution in [0.2, 0.25) is 16.6 Å². The average Bonchev–Trinajstić information content (AvgIpc) is 2.68. The Hall–Kier alpha value is -0.573. The minimum atomic E-state index is -2.13. The van der Waals surface area contributed by atoms with Crippen molar-refractivity contribution in [2.24, 2.45) is 0 Å². The van der Waals surface area contributed by atoms with Crippen LogP contribution in [-0.2, 0) is 9.22 Å². The summed E-state index contributed by atoms with van der Waals surface area (Å²) >= 11 is 0. The molecule has 0 bridgehead atoms. The molecule has 0 heterocycles. The second kappa shape index (κ2) is 8.88. The number of carbonyl (C=O) groups excluding carboxylic acids is 1. The molecule has 3 aliphatic rings. The van der Waals surface area contributed by atoms with Gasteiger partial charge in [0.15, 0.2) is 0 Å². The van der Waals surface area contributed by atoms with E-state index in [9.17, 15) is 4.79 Å². The van der Waals surface area contributed by atoms with Crippen molar-refractivity contribution in [3.63, 3.8) is 0 Å². The van der Waals surface area contributed by atoms with Gasteiger partial charge in [-0.25, -0.2) is 4.79 Å². The highest BCUT2D eigenvalue weighted by Crippen LogP contribution is 2.57. The maximum absolute atomic E-state index is 12.8. The summed E-state index contributed by atoms with van der Waals surface area (Å²) in [5.74, 6) is -0.0617. The number of rotatable bonds is 5. The van der Waals surface area contributed by atoms with Gasteiger partial charge in [0.2, 0.25) is 0 Å². The maximum atomic E-state index is 12.8. The molecule has 3 saturated carbocycles. The highest BCUT2D eigenvalue weighted by atomic mass is 28.4. The largest absolute Gasteiger partial charge is 0.515 e. The second-order valence-electron chi connectivity index (χ2n) is 9.03. The van der Waals surface area contributed by atoms with Crippen LogP contribution >= 0.6 is 0 Å². The maximum Gasteiger partial charge on any atom is 0.319 e. The normalized spacial score (nSPS) is 24.8. The lowest BCUT2D eigenvalue weighted by Gasteiger charge is -2.51.